The van der Waals surface area contributed by atoms with Crippen molar-refractivity contribution in [2.24, 2.45) is 0 Å². The zero-order valence-electron chi connectivity index (χ0n) is 7.90. The van der Waals surface area contributed by atoms with E-state index in [2.05, 4.69) is 15.9 Å². The van der Waals surface area contributed by atoms with Crippen LogP contribution in [0.15, 0.2) is 16.6 Å². The maximum absolute atomic E-state index is 13.2. The molecule has 0 heterocycles. The summed E-state index contributed by atoms with van der Waals surface area (Å²) in [7, 11) is 0. The molecule has 1 nitrogen and oxygen atoms in total. The second-order valence-corrected chi connectivity index (χ2v) is 4.18. The molecule has 0 amide bonds. The third-order valence-electron chi connectivity index (χ3n) is 1.74. The minimum absolute atomic E-state index is 0.0472. The van der Waals surface area contributed by atoms with E-state index in [1.54, 1.807) is 0 Å². The molecule has 0 aliphatic heterocycles. The Kier molecular flexibility index (Phi) is 5.32. The van der Waals surface area contributed by atoms with Crippen LogP contribution in [0.3, 0.4) is 0 Å². The highest BCUT2D eigenvalue weighted by Gasteiger charge is 2.10. The third kappa shape index (κ3) is 3.95. The van der Waals surface area contributed by atoms with Gasteiger partial charge in [0.1, 0.15) is 5.82 Å². The number of ether oxygens (including phenoxy) is 1. The summed E-state index contributed by atoms with van der Waals surface area (Å²) in [5, 5.41) is 0. The van der Waals surface area contributed by atoms with Gasteiger partial charge < -0.3 is 4.74 Å². The van der Waals surface area contributed by atoms with Crippen LogP contribution in [0.2, 0.25) is 0 Å². The smallest absolute Gasteiger partial charge is 0.169 e. The fraction of sp³-hybridized carbons (Fsp3) is 0.400. The number of unbranched alkanes of at least 4 members (excludes halogenated alkanes) is 1. The molecule has 15 heavy (non-hydrogen) atoms. The van der Waals surface area contributed by atoms with Gasteiger partial charge in [-0.25, -0.2) is 8.78 Å². The van der Waals surface area contributed by atoms with Crippen LogP contribution in [0.25, 0.3) is 0 Å². The van der Waals surface area contributed by atoms with Gasteiger partial charge in [0.05, 0.1) is 11.1 Å². The maximum Gasteiger partial charge on any atom is 0.169 e. The Morgan fingerprint density at radius 3 is 2.60 bits per heavy atom. The Morgan fingerprint density at radius 1 is 1.27 bits per heavy atom. The molecule has 0 fully saturated rings. The molecule has 1 rings (SSSR count). The predicted octanol–water partition coefficient (Wildman–Crippen LogP) is 4.13. The van der Waals surface area contributed by atoms with Gasteiger partial charge in [0, 0.05) is 11.9 Å². The zero-order chi connectivity index (χ0) is 11.3. The number of hydrogen-bond donors (Lipinski definition) is 0. The molecule has 0 bridgehead atoms. The largest absolute Gasteiger partial charge is 0.489 e. The highest BCUT2D eigenvalue weighted by molar-refractivity contribution is 9.10. The molecule has 0 saturated carbocycles. The first-order valence-corrected chi connectivity index (χ1v) is 5.81. The van der Waals surface area contributed by atoms with Crippen molar-refractivity contribution in [1.82, 2.24) is 0 Å². The third-order valence-corrected chi connectivity index (χ3v) is 2.59. The van der Waals surface area contributed by atoms with Crippen molar-refractivity contribution < 1.29 is 13.5 Å². The van der Waals surface area contributed by atoms with Gasteiger partial charge in [-0.15, -0.1) is 11.6 Å². The summed E-state index contributed by atoms with van der Waals surface area (Å²) in [4.78, 5) is 0. The van der Waals surface area contributed by atoms with Crippen molar-refractivity contribution in [3.05, 3.63) is 28.2 Å². The predicted molar refractivity (Wildman–Crippen MR) is 59.5 cm³/mol. The summed E-state index contributed by atoms with van der Waals surface area (Å²) in [6, 6.07) is 1.96. The molecule has 0 aliphatic carbocycles. The van der Waals surface area contributed by atoms with Gasteiger partial charge in [0.15, 0.2) is 11.6 Å². The average Bonchev–Trinajstić information content (AvgIpc) is 2.15. The first-order valence-electron chi connectivity index (χ1n) is 4.48. The molecule has 84 valence electrons. The van der Waals surface area contributed by atoms with Crippen molar-refractivity contribution in [2.45, 2.75) is 12.8 Å². The van der Waals surface area contributed by atoms with E-state index in [4.69, 9.17) is 16.3 Å². The summed E-state index contributed by atoms with van der Waals surface area (Å²) in [5.41, 5.74) is 0. The summed E-state index contributed by atoms with van der Waals surface area (Å²) in [5.74, 6) is -0.734. The average molecular weight is 300 g/mol. The van der Waals surface area contributed by atoms with Crippen LogP contribution in [0.1, 0.15) is 12.8 Å². The molecule has 5 heteroatoms. The molecule has 0 atom stereocenters. The van der Waals surface area contributed by atoms with Gasteiger partial charge in [-0.1, -0.05) is 0 Å². The van der Waals surface area contributed by atoms with Gasteiger partial charge in [0.25, 0.3) is 0 Å². The molecular weight excluding hydrogens is 289 g/mol. The van der Waals surface area contributed by atoms with Crippen LogP contribution in [0.4, 0.5) is 8.78 Å². The number of halogens is 4. The molecular formula is C10H10BrClF2O. The van der Waals surface area contributed by atoms with Gasteiger partial charge in [-0.3, -0.25) is 0 Å². The van der Waals surface area contributed by atoms with Gasteiger partial charge in [-0.05, 0) is 34.8 Å². The molecule has 0 unspecified atom stereocenters. The zero-order valence-corrected chi connectivity index (χ0v) is 10.2. The molecule has 0 aliphatic rings. The van der Waals surface area contributed by atoms with Crippen LogP contribution in [0.5, 0.6) is 5.75 Å². The second-order valence-electron chi connectivity index (χ2n) is 2.94. The van der Waals surface area contributed by atoms with Crippen LogP contribution in [-0.2, 0) is 0 Å². The van der Waals surface area contributed by atoms with Crippen molar-refractivity contribution in [2.75, 3.05) is 12.5 Å². The lowest BCUT2D eigenvalue weighted by Crippen LogP contribution is -2.00. The SMILES string of the molecule is Fc1cc(F)c(OCCCCCl)c(Br)c1. The number of benzene rings is 1. The molecule has 0 spiro atoms. The first kappa shape index (κ1) is 12.7. The molecule has 0 radical (unpaired) electrons. The topological polar surface area (TPSA) is 9.23 Å². The van der Waals surface area contributed by atoms with Crippen molar-refractivity contribution >= 4 is 27.5 Å². The lowest BCUT2D eigenvalue weighted by Gasteiger charge is -2.08. The highest BCUT2D eigenvalue weighted by atomic mass is 79.9. The van der Waals surface area contributed by atoms with E-state index in [9.17, 15) is 8.78 Å². The summed E-state index contributed by atoms with van der Waals surface area (Å²) < 4.78 is 31.4. The minimum Gasteiger partial charge on any atom is -0.489 e. The Labute approximate surface area is 101 Å². The Morgan fingerprint density at radius 2 is 2.00 bits per heavy atom. The van der Waals surface area contributed by atoms with E-state index in [0.717, 1.165) is 18.9 Å². The summed E-state index contributed by atoms with van der Waals surface area (Å²) >= 11 is 8.51. The van der Waals surface area contributed by atoms with E-state index < -0.39 is 11.6 Å². The lowest BCUT2D eigenvalue weighted by atomic mass is 10.3. The first-order chi connectivity index (χ1) is 7.15. The summed E-state index contributed by atoms with van der Waals surface area (Å²) in [6.07, 6.45) is 1.55. The van der Waals surface area contributed by atoms with Crippen LogP contribution >= 0.6 is 27.5 Å². The molecule has 1 aromatic carbocycles. The monoisotopic (exact) mass is 298 g/mol. The molecule has 0 N–H and O–H groups in total. The fourth-order valence-corrected chi connectivity index (χ4v) is 1.75. The van der Waals surface area contributed by atoms with Crippen LogP contribution < -0.4 is 4.74 Å². The highest BCUT2D eigenvalue weighted by Crippen LogP contribution is 2.29. The van der Waals surface area contributed by atoms with Crippen molar-refractivity contribution in [3.8, 4) is 5.75 Å². The van der Waals surface area contributed by atoms with Gasteiger partial charge in [-0.2, -0.15) is 0 Å². The molecule has 1 aromatic rings. The standard InChI is InChI=1S/C10H10BrClF2O/c11-8-5-7(13)6-9(14)10(8)15-4-2-1-3-12/h5-6H,1-4H2. The van der Waals surface area contributed by atoms with Crippen LogP contribution in [-0.4, -0.2) is 12.5 Å². The minimum atomic E-state index is -0.701. The summed E-state index contributed by atoms with van der Waals surface area (Å²) in [6.45, 7) is 0.369. The normalized spacial score (nSPS) is 10.4. The Balaban J connectivity index is 2.60. The number of hydrogen-bond acceptors (Lipinski definition) is 1. The van der Waals surface area contributed by atoms with E-state index in [1.165, 1.54) is 6.07 Å². The van der Waals surface area contributed by atoms with E-state index in [1.807, 2.05) is 0 Å². The molecule has 0 saturated heterocycles. The van der Waals surface area contributed by atoms with E-state index in [-0.39, 0.29) is 10.2 Å². The fourth-order valence-electron chi connectivity index (χ4n) is 1.04. The second kappa shape index (κ2) is 6.28. The van der Waals surface area contributed by atoms with Crippen molar-refractivity contribution in [1.29, 1.82) is 0 Å². The van der Waals surface area contributed by atoms with E-state index >= 15 is 0 Å². The lowest BCUT2D eigenvalue weighted by molar-refractivity contribution is 0.291. The maximum atomic E-state index is 13.2. The molecule has 0 aromatic heterocycles. The van der Waals surface area contributed by atoms with Gasteiger partial charge >= 0.3 is 0 Å². The van der Waals surface area contributed by atoms with Crippen LogP contribution in [0, 0.1) is 11.6 Å². The Hall–Kier alpha value is -0.350. The quantitative estimate of drug-likeness (QED) is 0.587. The van der Waals surface area contributed by atoms with Gasteiger partial charge in [0.2, 0.25) is 0 Å². The van der Waals surface area contributed by atoms with E-state index in [0.29, 0.717) is 12.5 Å². The number of rotatable bonds is 5. The Bertz CT molecular complexity index is 310. The number of alkyl halides is 1. The van der Waals surface area contributed by atoms with Crippen molar-refractivity contribution in [3.63, 3.8) is 0 Å².